The molecule has 1 amide bonds. The van der Waals surface area contributed by atoms with Crippen LogP contribution in [0.15, 0.2) is 63.4 Å². The number of halogens is 2. The maximum atomic E-state index is 13.1. The molecule has 0 radical (unpaired) electrons. The van der Waals surface area contributed by atoms with Crippen molar-refractivity contribution in [2.45, 2.75) is 13.5 Å². The Kier molecular flexibility index (Phi) is 5.54. The van der Waals surface area contributed by atoms with E-state index >= 15 is 0 Å². The van der Waals surface area contributed by atoms with E-state index in [1.807, 2.05) is 36.6 Å². The van der Waals surface area contributed by atoms with Gasteiger partial charge in [-0.05, 0) is 48.4 Å². The minimum absolute atomic E-state index is 0.126. The number of hydrogen-bond acceptors (Lipinski definition) is 4. The third-order valence-electron chi connectivity index (χ3n) is 4.49. The molecule has 5 nitrogen and oxygen atoms in total. The molecule has 0 spiro atoms. The first-order chi connectivity index (χ1) is 13.9. The number of rotatable bonds is 4. The fraction of sp³-hybridized carbons (Fsp3) is 0.0952. The largest absolute Gasteiger partial charge is 0.324 e. The number of nitrogens with one attached hydrogen (secondary N) is 1. The minimum atomic E-state index is -0.306. The summed E-state index contributed by atoms with van der Waals surface area (Å²) >= 11 is 10.8. The summed E-state index contributed by atoms with van der Waals surface area (Å²) in [6.07, 6.45) is 1.42. The lowest BCUT2D eigenvalue weighted by Gasteiger charge is -2.10. The van der Waals surface area contributed by atoms with Crippen molar-refractivity contribution in [3.63, 3.8) is 0 Å². The normalized spacial score (nSPS) is 11.0. The van der Waals surface area contributed by atoms with Crippen molar-refractivity contribution < 1.29 is 4.79 Å². The number of aromatic nitrogens is 2. The van der Waals surface area contributed by atoms with Gasteiger partial charge in [0.15, 0.2) is 0 Å². The van der Waals surface area contributed by atoms with Gasteiger partial charge in [0, 0.05) is 26.1 Å². The first-order valence-electron chi connectivity index (χ1n) is 8.71. The smallest absolute Gasteiger partial charge is 0.263 e. The molecule has 2 heterocycles. The van der Waals surface area contributed by atoms with E-state index in [0.29, 0.717) is 20.9 Å². The summed E-state index contributed by atoms with van der Waals surface area (Å²) in [4.78, 5) is 30.6. The van der Waals surface area contributed by atoms with E-state index in [0.717, 1.165) is 21.2 Å². The van der Waals surface area contributed by atoms with Crippen molar-refractivity contribution >= 4 is 60.7 Å². The molecule has 2 aromatic heterocycles. The van der Waals surface area contributed by atoms with Crippen LogP contribution in [0, 0.1) is 6.92 Å². The topological polar surface area (TPSA) is 64.0 Å². The lowest BCUT2D eigenvalue weighted by atomic mass is 10.1. The molecule has 0 fully saturated rings. The SMILES string of the molecule is Cc1cc(Cl)ccc1NC(=O)Cn1cnc2scc(-c3ccc(Br)cc3)c2c1=O. The van der Waals surface area contributed by atoms with Gasteiger partial charge in [-0.15, -0.1) is 11.3 Å². The number of carbonyl (C=O) groups excluding carboxylic acids is 1. The van der Waals surface area contributed by atoms with E-state index in [-0.39, 0.29) is 18.0 Å². The van der Waals surface area contributed by atoms with E-state index in [1.165, 1.54) is 22.2 Å². The van der Waals surface area contributed by atoms with Crippen molar-refractivity contribution in [2.75, 3.05) is 5.32 Å². The summed E-state index contributed by atoms with van der Waals surface area (Å²) in [5.74, 6) is -0.306. The summed E-state index contributed by atoms with van der Waals surface area (Å²) in [5, 5.41) is 5.86. The second kappa shape index (κ2) is 8.10. The predicted octanol–water partition coefficient (Wildman–Crippen LogP) is 5.49. The predicted molar refractivity (Wildman–Crippen MR) is 122 cm³/mol. The average molecular weight is 489 g/mol. The highest BCUT2D eigenvalue weighted by atomic mass is 79.9. The molecule has 29 heavy (non-hydrogen) atoms. The molecule has 0 atom stereocenters. The van der Waals surface area contributed by atoms with Gasteiger partial charge < -0.3 is 5.32 Å². The van der Waals surface area contributed by atoms with Crippen LogP contribution < -0.4 is 10.9 Å². The zero-order chi connectivity index (χ0) is 20.5. The fourth-order valence-electron chi connectivity index (χ4n) is 3.03. The van der Waals surface area contributed by atoms with Crippen molar-refractivity contribution in [1.82, 2.24) is 9.55 Å². The average Bonchev–Trinajstić information content (AvgIpc) is 3.12. The number of amides is 1. The molecule has 2 aromatic carbocycles. The van der Waals surface area contributed by atoms with Crippen molar-refractivity contribution in [2.24, 2.45) is 0 Å². The molecule has 8 heteroatoms. The first-order valence-corrected chi connectivity index (χ1v) is 10.8. The third kappa shape index (κ3) is 4.12. The van der Waals surface area contributed by atoms with Crippen LogP contribution in [0.1, 0.15) is 5.56 Å². The van der Waals surface area contributed by atoms with Gasteiger partial charge in [0.2, 0.25) is 5.91 Å². The maximum absolute atomic E-state index is 13.1. The van der Waals surface area contributed by atoms with Crippen LogP contribution in [0.25, 0.3) is 21.3 Å². The summed E-state index contributed by atoms with van der Waals surface area (Å²) in [6, 6.07) is 13.0. The molecule has 4 rings (SSSR count). The zero-order valence-corrected chi connectivity index (χ0v) is 18.4. The van der Waals surface area contributed by atoms with Gasteiger partial charge in [0.25, 0.3) is 5.56 Å². The molecule has 0 aliphatic carbocycles. The first kappa shape index (κ1) is 19.8. The molecule has 4 aromatic rings. The number of benzene rings is 2. The van der Waals surface area contributed by atoms with Gasteiger partial charge in [-0.2, -0.15) is 0 Å². The molecule has 0 bridgehead atoms. The molecule has 146 valence electrons. The highest BCUT2D eigenvalue weighted by Crippen LogP contribution is 2.31. The lowest BCUT2D eigenvalue weighted by molar-refractivity contribution is -0.116. The molecule has 1 N–H and O–H groups in total. The van der Waals surface area contributed by atoms with E-state index < -0.39 is 0 Å². The van der Waals surface area contributed by atoms with Gasteiger partial charge >= 0.3 is 0 Å². The standard InChI is InChI=1S/C21H15BrClN3O2S/c1-12-8-15(23)6-7-17(12)25-18(27)9-26-11-24-20-19(21(26)28)16(10-29-20)13-2-4-14(22)5-3-13/h2-8,10-11H,9H2,1H3,(H,25,27). The number of anilines is 1. The summed E-state index contributed by atoms with van der Waals surface area (Å²) in [6.45, 7) is 1.73. The number of thiophene rings is 1. The van der Waals surface area contributed by atoms with Crippen LogP contribution in [-0.4, -0.2) is 15.5 Å². The molecule has 0 aliphatic heterocycles. The van der Waals surface area contributed by atoms with Crippen molar-refractivity contribution in [3.8, 4) is 11.1 Å². The van der Waals surface area contributed by atoms with Crippen LogP contribution in [-0.2, 0) is 11.3 Å². The second-order valence-corrected chi connectivity index (χ2v) is 8.73. The molecular weight excluding hydrogens is 474 g/mol. The second-order valence-electron chi connectivity index (χ2n) is 6.52. The Balaban J connectivity index is 1.65. The molecule has 0 saturated carbocycles. The van der Waals surface area contributed by atoms with Crippen LogP contribution in [0.3, 0.4) is 0 Å². The van der Waals surface area contributed by atoms with Crippen molar-refractivity contribution in [3.05, 3.63) is 79.6 Å². The van der Waals surface area contributed by atoms with Crippen LogP contribution in [0.4, 0.5) is 5.69 Å². The fourth-order valence-corrected chi connectivity index (χ4v) is 4.43. The van der Waals surface area contributed by atoms with E-state index in [4.69, 9.17) is 11.6 Å². The van der Waals surface area contributed by atoms with Crippen LogP contribution in [0.2, 0.25) is 5.02 Å². The maximum Gasteiger partial charge on any atom is 0.263 e. The Morgan fingerprint density at radius 3 is 2.72 bits per heavy atom. The Bertz CT molecular complexity index is 1280. The molecular formula is C21H15BrClN3O2S. The van der Waals surface area contributed by atoms with Crippen LogP contribution >= 0.6 is 38.9 Å². The Morgan fingerprint density at radius 1 is 1.24 bits per heavy atom. The summed E-state index contributed by atoms with van der Waals surface area (Å²) in [7, 11) is 0. The summed E-state index contributed by atoms with van der Waals surface area (Å²) < 4.78 is 2.29. The van der Waals surface area contributed by atoms with E-state index in [1.54, 1.807) is 18.2 Å². The van der Waals surface area contributed by atoms with E-state index in [9.17, 15) is 9.59 Å². The number of aryl methyl sites for hydroxylation is 1. The lowest BCUT2D eigenvalue weighted by Crippen LogP contribution is -2.28. The third-order valence-corrected chi connectivity index (χ3v) is 6.14. The minimum Gasteiger partial charge on any atom is -0.324 e. The van der Waals surface area contributed by atoms with Gasteiger partial charge in [-0.3, -0.25) is 14.2 Å². The summed E-state index contributed by atoms with van der Waals surface area (Å²) in [5.41, 5.74) is 3.02. The van der Waals surface area contributed by atoms with E-state index in [2.05, 4.69) is 26.2 Å². The quantitative estimate of drug-likeness (QED) is 0.413. The van der Waals surface area contributed by atoms with Crippen LogP contribution in [0.5, 0.6) is 0 Å². The zero-order valence-electron chi connectivity index (χ0n) is 15.3. The van der Waals surface area contributed by atoms with Gasteiger partial charge in [0.05, 0.1) is 11.7 Å². The Hall–Kier alpha value is -2.48. The van der Waals surface area contributed by atoms with Gasteiger partial charge in [0.1, 0.15) is 11.4 Å². The highest BCUT2D eigenvalue weighted by Gasteiger charge is 2.15. The highest BCUT2D eigenvalue weighted by molar-refractivity contribution is 9.10. The Labute approximate surface area is 184 Å². The monoisotopic (exact) mass is 487 g/mol. The van der Waals surface area contributed by atoms with Crippen molar-refractivity contribution in [1.29, 1.82) is 0 Å². The number of carbonyl (C=O) groups is 1. The van der Waals surface area contributed by atoms with Gasteiger partial charge in [-0.1, -0.05) is 39.7 Å². The Morgan fingerprint density at radius 2 is 2.00 bits per heavy atom. The number of fused-ring (bicyclic) bond motifs is 1. The molecule has 0 saturated heterocycles. The molecule has 0 unspecified atom stereocenters. The number of nitrogens with zero attached hydrogens (tertiary/aromatic N) is 2. The number of hydrogen-bond donors (Lipinski definition) is 1. The van der Waals surface area contributed by atoms with Gasteiger partial charge in [-0.25, -0.2) is 4.98 Å². The molecule has 0 aliphatic rings.